The SMILES string of the molecule is C.CCC(O)c1cccc(OCC2CCCCC2)c1.CCCNc1cccc(OCC2CCCCC2)c1. The summed E-state index contributed by atoms with van der Waals surface area (Å²) >= 11 is 0. The predicted octanol–water partition coefficient (Wildman–Crippen LogP) is 9.19. The minimum atomic E-state index is -0.372. The Bertz CT molecular complexity index is 843. The van der Waals surface area contributed by atoms with Gasteiger partial charge in [-0.05, 0) is 80.2 Å². The maximum Gasteiger partial charge on any atom is 0.121 e. The van der Waals surface area contributed by atoms with Gasteiger partial charge in [0.25, 0.3) is 0 Å². The molecule has 1 unspecified atom stereocenters. The fourth-order valence-electron chi connectivity index (χ4n) is 5.15. The molecule has 0 aromatic heterocycles. The van der Waals surface area contributed by atoms with Gasteiger partial charge in [-0.3, -0.25) is 0 Å². The summed E-state index contributed by atoms with van der Waals surface area (Å²) in [4.78, 5) is 0. The van der Waals surface area contributed by atoms with Gasteiger partial charge in [0, 0.05) is 18.3 Å². The molecule has 1 atom stereocenters. The first kappa shape index (κ1) is 31.0. The Hall–Kier alpha value is -2.20. The zero-order chi connectivity index (χ0) is 25.4. The fraction of sp³-hybridized carbons (Fsp3) is 0.636. The van der Waals surface area contributed by atoms with E-state index in [1.54, 1.807) is 0 Å². The van der Waals surface area contributed by atoms with Gasteiger partial charge in [0.15, 0.2) is 0 Å². The zero-order valence-electron chi connectivity index (χ0n) is 22.7. The van der Waals surface area contributed by atoms with Crippen molar-refractivity contribution < 1.29 is 14.6 Å². The highest BCUT2D eigenvalue weighted by Crippen LogP contribution is 2.27. The Morgan fingerprint density at radius 3 is 1.86 bits per heavy atom. The third kappa shape index (κ3) is 11.8. The first-order valence-corrected chi connectivity index (χ1v) is 14.6. The van der Waals surface area contributed by atoms with E-state index >= 15 is 0 Å². The van der Waals surface area contributed by atoms with Gasteiger partial charge in [0.1, 0.15) is 11.5 Å². The summed E-state index contributed by atoms with van der Waals surface area (Å²) in [6, 6.07) is 16.2. The molecule has 0 bridgehead atoms. The van der Waals surface area contributed by atoms with Crippen molar-refractivity contribution in [3.63, 3.8) is 0 Å². The van der Waals surface area contributed by atoms with Crippen LogP contribution in [0.1, 0.15) is 110 Å². The number of aliphatic hydroxyl groups is 1. The van der Waals surface area contributed by atoms with Gasteiger partial charge in [-0.1, -0.05) is 78.0 Å². The Morgan fingerprint density at radius 1 is 0.784 bits per heavy atom. The van der Waals surface area contributed by atoms with Gasteiger partial charge >= 0.3 is 0 Å². The van der Waals surface area contributed by atoms with Crippen LogP contribution in [-0.4, -0.2) is 24.9 Å². The molecule has 0 spiro atoms. The minimum absolute atomic E-state index is 0. The van der Waals surface area contributed by atoms with Gasteiger partial charge < -0.3 is 19.9 Å². The van der Waals surface area contributed by atoms with E-state index in [2.05, 4.69) is 36.5 Å². The van der Waals surface area contributed by atoms with E-state index in [-0.39, 0.29) is 13.5 Å². The summed E-state index contributed by atoms with van der Waals surface area (Å²) in [7, 11) is 0. The van der Waals surface area contributed by atoms with Crippen LogP contribution in [0, 0.1) is 11.8 Å². The molecule has 2 N–H and O–H groups in total. The molecule has 208 valence electrons. The average molecular weight is 512 g/mol. The molecular formula is C33H53NO3. The summed E-state index contributed by atoms with van der Waals surface area (Å²) in [5, 5.41) is 13.2. The van der Waals surface area contributed by atoms with Crippen molar-refractivity contribution in [2.24, 2.45) is 11.8 Å². The van der Waals surface area contributed by atoms with Gasteiger partial charge in [-0.25, -0.2) is 0 Å². The normalized spacial score (nSPS) is 17.1. The first-order chi connectivity index (χ1) is 17.7. The summed E-state index contributed by atoms with van der Waals surface area (Å²) in [5.41, 5.74) is 2.12. The van der Waals surface area contributed by atoms with Gasteiger partial charge in [0.2, 0.25) is 0 Å². The minimum Gasteiger partial charge on any atom is -0.493 e. The number of hydrogen-bond donors (Lipinski definition) is 2. The highest BCUT2D eigenvalue weighted by molar-refractivity contribution is 5.48. The Morgan fingerprint density at radius 2 is 1.32 bits per heavy atom. The van der Waals surface area contributed by atoms with Gasteiger partial charge in [-0.2, -0.15) is 0 Å². The number of benzene rings is 2. The molecule has 0 aliphatic heterocycles. The largest absolute Gasteiger partial charge is 0.493 e. The second-order valence-corrected chi connectivity index (χ2v) is 10.6. The van der Waals surface area contributed by atoms with Gasteiger partial charge in [-0.15, -0.1) is 0 Å². The van der Waals surface area contributed by atoms with Crippen LogP contribution in [0.3, 0.4) is 0 Å². The van der Waals surface area contributed by atoms with Crippen LogP contribution in [0.5, 0.6) is 11.5 Å². The van der Waals surface area contributed by atoms with Crippen LogP contribution in [0.4, 0.5) is 5.69 Å². The van der Waals surface area contributed by atoms with Crippen LogP contribution in [0.25, 0.3) is 0 Å². The molecule has 2 saturated carbocycles. The predicted molar refractivity (Wildman–Crippen MR) is 158 cm³/mol. The Balaban J connectivity index is 0.000000253. The third-order valence-electron chi connectivity index (χ3n) is 7.46. The van der Waals surface area contributed by atoms with Crippen LogP contribution >= 0.6 is 0 Å². The number of anilines is 1. The number of ether oxygens (including phenoxy) is 2. The number of aliphatic hydroxyl groups excluding tert-OH is 1. The molecule has 0 saturated heterocycles. The highest BCUT2D eigenvalue weighted by atomic mass is 16.5. The summed E-state index contributed by atoms with van der Waals surface area (Å²) in [6.45, 7) is 6.89. The van der Waals surface area contributed by atoms with E-state index in [0.717, 1.165) is 67.2 Å². The molecule has 2 aromatic rings. The average Bonchev–Trinajstić information content (AvgIpc) is 2.95. The zero-order valence-corrected chi connectivity index (χ0v) is 22.7. The lowest BCUT2D eigenvalue weighted by atomic mass is 9.90. The quantitative estimate of drug-likeness (QED) is 0.316. The number of nitrogens with one attached hydrogen (secondary N) is 1. The summed E-state index contributed by atoms with van der Waals surface area (Å²) < 4.78 is 11.8. The van der Waals surface area contributed by atoms with E-state index in [9.17, 15) is 5.11 Å². The van der Waals surface area contributed by atoms with Crippen molar-refractivity contribution in [2.45, 2.75) is 104 Å². The summed E-state index contributed by atoms with van der Waals surface area (Å²) in [5.74, 6) is 3.39. The second kappa shape index (κ2) is 18.1. The lowest BCUT2D eigenvalue weighted by Crippen LogP contribution is -2.15. The number of rotatable bonds is 11. The Labute approximate surface area is 227 Å². The van der Waals surface area contributed by atoms with Crippen molar-refractivity contribution in [1.29, 1.82) is 0 Å². The highest BCUT2D eigenvalue weighted by Gasteiger charge is 2.15. The molecule has 0 radical (unpaired) electrons. The van der Waals surface area contributed by atoms with Crippen LogP contribution in [0.2, 0.25) is 0 Å². The maximum atomic E-state index is 9.82. The molecule has 2 aromatic carbocycles. The first-order valence-electron chi connectivity index (χ1n) is 14.6. The fourth-order valence-corrected chi connectivity index (χ4v) is 5.15. The van der Waals surface area contributed by atoms with Crippen LogP contribution in [0.15, 0.2) is 48.5 Å². The molecule has 2 aliphatic carbocycles. The lowest BCUT2D eigenvalue weighted by molar-refractivity contribution is 0.172. The van der Waals surface area contributed by atoms with Crippen molar-refractivity contribution in [3.8, 4) is 11.5 Å². The second-order valence-electron chi connectivity index (χ2n) is 10.6. The Kier molecular flexibility index (Phi) is 15.2. The van der Waals surface area contributed by atoms with Crippen LogP contribution < -0.4 is 14.8 Å². The molecule has 4 nitrogen and oxygen atoms in total. The molecule has 4 rings (SSSR count). The standard InChI is InChI=1S/C16H25NO.C16H24O2.CH4/c1-2-11-17-15-9-6-10-16(12-15)18-13-14-7-4-3-5-8-14;1-2-16(17)14-9-6-10-15(11-14)18-12-13-7-4-3-5-8-13;/h6,9-10,12,14,17H,2-5,7-8,11,13H2,1H3;6,9-11,13,16-17H,2-5,7-8,12H2,1H3;1H4. The summed E-state index contributed by atoms with van der Waals surface area (Å²) in [6.07, 6.45) is 15.1. The van der Waals surface area contributed by atoms with E-state index in [1.165, 1.54) is 64.2 Å². The smallest absolute Gasteiger partial charge is 0.121 e. The van der Waals surface area contributed by atoms with E-state index in [1.807, 2.05) is 31.2 Å². The maximum absolute atomic E-state index is 9.82. The van der Waals surface area contributed by atoms with E-state index in [0.29, 0.717) is 0 Å². The van der Waals surface area contributed by atoms with E-state index in [4.69, 9.17) is 9.47 Å². The van der Waals surface area contributed by atoms with Crippen molar-refractivity contribution >= 4 is 5.69 Å². The van der Waals surface area contributed by atoms with Crippen molar-refractivity contribution in [1.82, 2.24) is 0 Å². The molecule has 4 heteroatoms. The topological polar surface area (TPSA) is 50.7 Å². The third-order valence-corrected chi connectivity index (χ3v) is 7.46. The van der Waals surface area contributed by atoms with Crippen molar-refractivity contribution in [2.75, 3.05) is 25.1 Å². The van der Waals surface area contributed by atoms with Gasteiger partial charge in [0.05, 0.1) is 19.3 Å². The van der Waals surface area contributed by atoms with E-state index < -0.39 is 0 Å². The monoisotopic (exact) mass is 511 g/mol. The number of hydrogen-bond acceptors (Lipinski definition) is 4. The van der Waals surface area contributed by atoms with Crippen molar-refractivity contribution in [3.05, 3.63) is 54.1 Å². The van der Waals surface area contributed by atoms with Crippen LogP contribution in [-0.2, 0) is 0 Å². The molecule has 37 heavy (non-hydrogen) atoms. The lowest BCUT2D eigenvalue weighted by Gasteiger charge is -2.22. The molecule has 0 amide bonds. The molecule has 2 fully saturated rings. The molecular weight excluding hydrogens is 458 g/mol. The molecule has 2 aliphatic rings. The molecule has 0 heterocycles.